The molecule has 0 N–H and O–H groups in total. The Morgan fingerprint density at radius 3 is 2.26 bits per heavy atom. The second-order valence-electron chi connectivity index (χ2n) is 9.99. The van der Waals surface area contributed by atoms with Crippen LogP contribution in [0.3, 0.4) is 0 Å². The standard InChI is InChI=1S/C31H28F3N5/c1-21-11-12-22(2)27(17-21)37-13-15-38(16-14-37)29-28-26(23-7-4-3-5-8-23)19-39(30(28)36-20-35-29)25-10-6-9-24(18-25)31(32,33)34/h3-12,17-20H,13-16H2,1-2H3. The van der Waals surface area contributed by atoms with Crippen molar-refractivity contribution < 1.29 is 13.2 Å². The van der Waals surface area contributed by atoms with Gasteiger partial charge in [0.2, 0.25) is 0 Å². The summed E-state index contributed by atoms with van der Waals surface area (Å²) >= 11 is 0. The highest BCUT2D eigenvalue weighted by Gasteiger charge is 2.31. The monoisotopic (exact) mass is 527 g/mol. The Kier molecular flexibility index (Phi) is 6.25. The number of benzene rings is 3. The summed E-state index contributed by atoms with van der Waals surface area (Å²) < 4.78 is 42.3. The first-order valence-electron chi connectivity index (χ1n) is 13.0. The molecule has 3 aromatic carbocycles. The van der Waals surface area contributed by atoms with E-state index in [1.807, 2.05) is 36.5 Å². The van der Waals surface area contributed by atoms with Crippen LogP contribution in [0.4, 0.5) is 24.7 Å². The number of halogens is 3. The summed E-state index contributed by atoms with van der Waals surface area (Å²) in [6.45, 7) is 7.45. The van der Waals surface area contributed by atoms with E-state index < -0.39 is 11.7 Å². The molecule has 0 amide bonds. The van der Waals surface area contributed by atoms with Gasteiger partial charge in [-0.15, -0.1) is 0 Å². The largest absolute Gasteiger partial charge is 0.416 e. The molecule has 39 heavy (non-hydrogen) atoms. The normalized spacial score (nSPS) is 14.3. The number of piperazine rings is 1. The highest BCUT2D eigenvalue weighted by molar-refractivity contribution is 6.02. The van der Waals surface area contributed by atoms with Crippen molar-refractivity contribution in [2.24, 2.45) is 0 Å². The van der Waals surface area contributed by atoms with E-state index in [1.165, 1.54) is 35.3 Å². The maximum absolute atomic E-state index is 13.5. The Hall–Kier alpha value is -4.33. The van der Waals surface area contributed by atoms with Crippen LogP contribution in [-0.2, 0) is 6.18 Å². The third-order valence-corrected chi connectivity index (χ3v) is 7.38. The molecule has 0 unspecified atom stereocenters. The predicted molar refractivity (Wildman–Crippen MR) is 150 cm³/mol. The highest BCUT2D eigenvalue weighted by Crippen LogP contribution is 2.38. The third-order valence-electron chi connectivity index (χ3n) is 7.38. The van der Waals surface area contributed by atoms with Crippen molar-refractivity contribution in [3.63, 3.8) is 0 Å². The van der Waals surface area contributed by atoms with Crippen molar-refractivity contribution in [3.8, 4) is 16.8 Å². The van der Waals surface area contributed by atoms with E-state index in [9.17, 15) is 13.2 Å². The number of aryl methyl sites for hydroxylation is 2. The van der Waals surface area contributed by atoms with E-state index in [4.69, 9.17) is 4.98 Å². The molecule has 1 saturated heterocycles. The molecule has 0 spiro atoms. The first-order valence-corrected chi connectivity index (χ1v) is 13.0. The molecule has 8 heteroatoms. The minimum atomic E-state index is -4.43. The highest BCUT2D eigenvalue weighted by atomic mass is 19.4. The van der Waals surface area contributed by atoms with E-state index in [0.717, 1.165) is 54.6 Å². The molecular formula is C31H28F3N5. The zero-order valence-corrected chi connectivity index (χ0v) is 21.8. The van der Waals surface area contributed by atoms with Gasteiger partial charge in [0.15, 0.2) is 5.65 Å². The molecule has 0 aliphatic carbocycles. The lowest BCUT2D eigenvalue weighted by molar-refractivity contribution is -0.137. The molecule has 6 rings (SSSR count). The quantitative estimate of drug-likeness (QED) is 0.251. The van der Waals surface area contributed by atoms with Crippen LogP contribution in [0, 0.1) is 13.8 Å². The molecular weight excluding hydrogens is 499 g/mol. The van der Waals surface area contributed by atoms with Crippen LogP contribution in [0.5, 0.6) is 0 Å². The number of anilines is 2. The van der Waals surface area contributed by atoms with E-state index in [0.29, 0.717) is 11.3 Å². The number of rotatable bonds is 4. The third kappa shape index (κ3) is 4.71. The van der Waals surface area contributed by atoms with Gasteiger partial charge in [-0.05, 0) is 54.8 Å². The van der Waals surface area contributed by atoms with Crippen LogP contribution in [0.1, 0.15) is 16.7 Å². The molecule has 198 valence electrons. The fourth-order valence-electron chi connectivity index (χ4n) is 5.37. The zero-order chi connectivity index (χ0) is 27.1. The summed E-state index contributed by atoms with van der Waals surface area (Å²) in [7, 11) is 0. The molecule has 3 heterocycles. The van der Waals surface area contributed by atoms with Crippen molar-refractivity contribution in [1.29, 1.82) is 0 Å². The minimum absolute atomic E-state index is 0.404. The maximum atomic E-state index is 13.5. The molecule has 0 bridgehead atoms. The second kappa shape index (κ2) is 9.76. The molecule has 0 radical (unpaired) electrons. The van der Waals surface area contributed by atoms with E-state index in [-0.39, 0.29) is 0 Å². The fourth-order valence-corrected chi connectivity index (χ4v) is 5.37. The summed E-state index contributed by atoms with van der Waals surface area (Å²) in [6, 6.07) is 21.7. The first kappa shape index (κ1) is 25.0. The van der Waals surface area contributed by atoms with E-state index in [2.05, 4.69) is 46.8 Å². The Labute approximate surface area is 225 Å². The van der Waals surface area contributed by atoms with Crippen LogP contribution in [0.25, 0.3) is 27.8 Å². The molecule has 2 aromatic heterocycles. The summed E-state index contributed by atoms with van der Waals surface area (Å²) in [5.74, 6) is 0.796. The minimum Gasteiger partial charge on any atom is -0.368 e. The molecule has 5 nitrogen and oxygen atoms in total. The Morgan fingerprint density at radius 1 is 0.769 bits per heavy atom. The second-order valence-corrected chi connectivity index (χ2v) is 9.99. The van der Waals surface area contributed by atoms with Crippen LogP contribution >= 0.6 is 0 Å². The average molecular weight is 528 g/mol. The average Bonchev–Trinajstić information content (AvgIpc) is 3.35. The molecule has 1 fully saturated rings. The van der Waals surface area contributed by atoms with Gasteiger partial charge in [-0.3, -0.25) is 0 Å². The molecule has 1 aliphatic heterocycles. The number of fused-ring (bicyclic) bond motifs is 1. The Bertz CT molecular complexity index is 1630. The van der Waals surface area contributed by atoms with Crippen molar-refractivity contribution in [1.82, 2.24) is 14.5 Å². The Morgan fingerprint density at radius 2 is 1.51 bits per heavy atom. The number of alkyl halides is 3. The van der Waals surface area contributed by atoms with Crippen molar-refractivity contribution in [2.45, 2.75) is 20.0 Å². The van der Waals surface area contributed by atoms with Gasteiger partial charge in [0.05, 0.1) is 10.9 Å². The summed E-state index contributed by atoms with van der Waals surface area (Å²) in [4.78, 5) is 13.9. The topological polar surface area (TPSA) is 37.2 Å². The fraction of sp³-hybridized carbons (Fsp3) is 0.226. The predicted octanol–water partition coefficient (Wildman–Crippen LogP) is 7.05. The number of aromatic nitrogens is 3. The maximum Gasteiger partial charge on any atom is 0.416 e. The van der Waals surface area contributed by atoms with Crippen molar-refractivity contribution >= 4 is 22.5 Å². The van der Waals surface area contributed by atoms with Crippen LogP contribution in [-0.4, -0.2) is 40.7 Å². The SMILES string of the molecule is Cc1ccc(C)c(N2CCN(c3ncnc4c3c(-c3ccccc3)cn4-c3cccc(C(F)(F)F)c3)CC2)c1. The number of hydrogen-bond acceptors (Lipinski definition) is 4. The van der Waals surface area contributed by atoms with Crippen molar-refractivity contribution in [3.05, 3.63) is 102 Å². The van der Waals surface area contributed by atoms with Gasteiger partial charge in [0.1, 0.15) is 12.1 Å². The molecule has 0 atom stereocenters. The first-order chi connectivity index (χ1) is 18.8. The van der Waals surface area contributed by atoms with Gasteiger partial charge in [0, 0.05) is 49.3 Å². The molecule has 1 aliphatic rings. The summed E-state index contributed by atoms with van der Waals surface area (Å²) in [5, 5.41) is 0.835. The van der Waals surface area contributed by atoms with Crippen LogP contribution < -0.4 is 9.80 Å². The van der Waals surface area contributed by atoms with Gasteiger partial charge < -0.3 is 14.4 Å². The lowest BCUT2D eigenvalue weighted by atomic mass is 10.1. The summed E-state index contributed by atoms with van der Waals surface area (Å²) in [6.07, 6.45) is -1.05. The van der Waals surface area contributed by atoms with Gasteiger partial charge in [-0.25, -0.2) is 9.97 Å². The summed E-state index contributed by atoms with van der Waals surface area (Å²) in [5.41, 5.74) is 5.87. The van der Waals surface area contributed by atoms with Crippen LogP contribution in [0.15, 0.2) is 85.3 Å². The lowest BCUT2D eigenvalue weighted by Crippen LogP contribution is -2.47. The van der Waals surface area contributed by atoms with Gasteiger partial charge in [-0.1, -0.05) is 48.5 Å². The molecule has 5 aromatic rings. The number of nitrogens with zero attached hydrogens (tertiary/aromatic N) is 5. The zero-order valence-electron chi connectivity index (χ0n) is 21.8. The van der Waals surface area contributed by atoms with Gasteiger partial charge >= 0.3 is 6.18 Å². The number of hydrogen-bond donors (Lipinski definition) is 0. The van der Waals surface area contributed by atoms with E-state index in [1.54, 1.807) is 10.6 Å². The van der Waals surface area contributed by atoms with Crippen LogP contribution in [0.2, 0.25) is 0 Å². The van der Waals surface area contributed by atoms with Gasteiger partial charge in [0.25, 0.3) is 0 Å². The van der Waals surface area contributed by atoms with Gasteiger partial charge in [-0.2, -0.15) is 13.2 Å². The smallest absolute Gasteiger partial charge is 0.368 e. The molecule has 0 saturated carbocycles. The lowest BCUT2D eigenvalue weighted by Gasteiger charge is -2.37. The Balaban J connectivity index is 1.43. The van der Waals surface area contributed by atoms with E-state index >= 15 is 0 Å². The van der Waals surface area contributed by atoms with Crippen molar-refractivity contribution in [2.75, 3.05) is 36.0 Å².